The van der Waals surface area contributed by atoms with Crippen molar-refractivity contribution in [2.75, 3.05) is 0 Å². The summed E-state index contributed by atoms with van der Waals surface area (Å²) in [6, 6.07) is 5.42. The molecule has 0 aliphatic heterocycles. The fourth-order valence-electron chi connectivity index (χ4n) is 2.08. The number of nitrogens with one attached hydrogen (secondary N) is 1. The molecule has 0 bridgehead atoms. The summed E-state index contributed by atoms with van der Waals surface area (Å²) in [5, 5.41) is 9.08. The van der Waals surface area contributed by atoms with Gasteiger partial charge in [0.05, 0.1) is 11.9 Å². The Labute approximate surface area is 126 Å². The van der Waals surface area contributed by atoms with Crippen LogP contribution in [0.25, 0.3) is 22.4 Å². The van der Waals surface area contributed by atoms with E-state index < -0.39 is 18.1 Å². The molecule has 2 aromatic heterocycles. The number of para-hydroxylation sites is 1. The summed E-state index contributed by atoms with van der Waals surface area (Å²) in [4.78, 5) is 21.8. The summed E-state index contributed by atoms with van der Waals surface area (Å²) in [5.74, 6) is -1.66. The van der Waals surface area contributed by atoms with Gasteiger partial charge in [-0.05, 0) is 12.1 Å². The molecule has 9 heteroatoms. The number of ether oxygens (including phenoxy) is 1. The van der Waals surface area contributed by atoms with Gasteiger partial charge in [-0.25, -0.2) is 14.8 Å². The topological polar surface area (TPSA) is 88.1 Å². The van der Waals surface area contributed by atoms with E-state index in [2.05, 4.69) is 19.7 Å². The highest BCUT2D eigenvalue weighted by Crippen LogP contribution is 2.33. The van der Waals surface area contributed by atoms with Gasteiger partial charge in [-0.15, -0.1) is 13.2 Å². The number of aromatic nitrogens is 3. The van der Waals surface area contributed by atoms with Crippen molar-refractivity contribution < 1.29 is 27.8 Å². The van der Waals surface area contributed by atoms with Crippen LogP contribution in [0, 0.1) is 0 Å². The maximum absolute atomic E-state index is 12.5. The number of benzene rings is 1. The van der Waals surface area contributed by atoms with E-state index in [0.29, 0.717) is 0 Å². The largest absolute Gasteiger partial charge is 0.573 e. The Balaban J connectivity index is 2.14. The highest BCUT2D eigenvalue weighted by molar-refractivity contribution is 6.00. The maximum atomic E-state index is 12.5. The van der Waals surface area contributed by atoms with E-state index >= 15 is 0 Å². The minimum atomic E-state index is -4.85. The number of hydrogen-bond donors (Lipinski definition) is 2. The molecule has 23 heavy (non-hydrogen) atoms. The van der Waals surface area contributed by atoms with E-state index in [1.54, 1.807) is 0 Å². The number of H-pyrrole nitrogens is 1. The van der Waals surface area contributed by atoms with Crippen LogP contribution in [0.4, 0.5) is 13.2 Å². The van der Waals surface area contributed by atoms with Gasteiger partial charge in [0.1, 0.15) is 16.8 Å². The first-order valence-electron chi connectivity index (χ1n) is 6.28. The quantitative estimate of drug-likeness (QED) is 0.772. The highest BCUT2D eigenvalue weighted by Gasteiger charge is 2.32. The van der Waals surface area contributed by atoms with Crippen molar-refractivity contribution in [2.24, 2.45) is 0 Å². The Morgan fingerprint density at radius 3 is 2.70 bits per heavy atom. The molecule has 0 fully saturated rings. The van der Waals surface area contributed by atoms with Crippen LogP contribution < -0.4 is 4.74 Å². The first-order chi connectivity index (χ1) is 10.8. The monoisotopic (exact) mass is 323 g/mol. The summed E-state index contributed by atoms with van der Waals surface area (Å²) in [5.41, 5.74) is 0.275. The van der Waals surface area contributed by atoms with E-state index in [9.17, 15) is 18.0 Å². The number of aromatic carboxylic acids is 1. The lowest BCUT2D eigenvalue weighted by atomic mass is 10.1. The molecule has 2 N–H and O–H groups in total. The van der Waals surface area contributed by atoms with Crippen molar-refractivity contribution in [3.63, 3.8) is 0 Å². The minimum absolute atomic E-state index is 0.0526. The fraction of sp³-hybridized carbons (Fsp3) is 0.0714. The van der Waals surface area contributed by atoms with Gasteiger partial charge >= 0.3 is 12.3 Å². The zero-order chi connectivity index (χ0) is 16.6. The number of nitrogens with zero attached hydrogens (tertiary/aromatic N) is 2. The van der Waals surface area contributed by atoms with Crippen molar-refractivity contribution in [1.82, 2.24) is 15.0 Å². The summed E-state index contributed by atoms with van der Waals surface area (Å²) in [7, 11) is 0. The lowest BCUT2D eigenvalue weighted by molar-refractivity contribution is -0.274. The van der Waals surface area contributed by atoms with Gasteiger partial charge < -0.3 is 14.8 Å². The van der Waals surface area contributed by atoms with Gasteiger partial charge in [0.15, 0.2) is 5.65 Å². The molecule has 0 saturated heterocycles. The Morgan fingerprint density at radius 1 is 1.26 bits per heavy atom. The molecule has 0 spiro atoms. The van der Waals surface area contributed by atoms with Gasteiger partial charge in [-0.3, -0.25) is 0 Å². The van der Waals surface area contributed by atoms with Crippen LogP contribution in [-0.4, -0.2) is 32.4 Å². The number of carboxylic acid groups (broad SMARTS) is 1. The molecule has 0 aliphatic carbocycles. The summed E-state index contributed by atoms with van der Waals surface area (Å²) < 4.78 is 41.4. The average molecular weight is 323 g/mol. The van der Waals surface area contributed by atoms with E-state index in [4.69, 9.17) is 5.11 Å². The fourth-order valence-corrected chi connectivity index (χ4v) is 2.08. The van der Waals surface area contributed by atoms with Crippen LogP contribution >= 0.6 is 0 Å². The molecule has 0 saturated carbocycles. The van der Waals surface area contributed by atoms with Gasteiger partial charge in [0, 0.05) is 11.8 Å². The van der Waals surface area contributed by atoms with Crippen LogP contribution in [0.3, 0.4) is 0 Å². The average Bonchev–Trinajstić information content (AvgIpc) is 2.89. The molecule has 1 aromatic carbocycles. The predicted molar refractivity (Wildman–Crippen MR) is 73.0 cm³/mol. The van der Waals surface area contributed by atoms with Crippen molar-refractivity contribution in [1.29, 1.82) is 0 Å². The van der Waals surface area contributed by atoms with Crippen LogP contribution in [0.15, 0.2) is 36.7 Å². The van der Waals surface area contributed by atoms with Crippen molar-refractivity contribution in [3.8, 4) is 17.0 Å². The Hall–Kier alpha value is -3.10. The van der Waals surface area contributed by atoms with Crippen LogP contribution in [-0.2, 0) is 0 Å². The molecule has 118 valence electrons. The van der Waals surface area contributed by atoms with Crippen molar-refractivity contribution in [3.05, 3.63) is 42.2 Å². The number of alkyl halides is 3. The third kappa shape index (κ3) is 2.93. The number of hydrogen-bond acceptors (Lipinski definition) is 4. The second-order valence-corrected chi connectivity index (χ2v) is 4.50. The zero-order valence-electron chi connectivity index (χ0n) is 11.3. The molecule has 3 rings (SSSR count). The summed E-state index contributed by atoms with van der Waals surface area (Å²) in [6.07, 6.45) is -2.40. The smallest absolute Gasteiger partial charge is 0.478 e. The lowest BCUT2D eigenvalue weighted by Gasteiger charge is -2.12. The molecule has 0 atom stereocenters. The third-order valence-corrected chi connectivity index (χ3v) is 3.00. The molecule has 0 unspecified atom stereocenters. The molecular formula is C14H8F3N3O3. The maximum Gasteiger partial charge on any atom is 0.573 e. The summed E-state index contributed by atoms with van der Waals surface area (Å²) in [6.45, 7) is 0. The first-order valence-corrected chi connectivity index (χ1v) is 6.28. The number of carbonyl (C=O) groups is 1. The van der Waals surface area contributed by atoms with Gasteiger partial charge in [-0.2, -0.15) is 0 Å². The van der Waals surface area contributed by atoms with Crippen LogP contribution in [0.2, 0.25) is 0 Å². The Kier molecular flexibility index (Phi) is 3.40. The van der Waals surface area contributed by atoms with Gasteiger partial charge in [0.25, 0.3) is 0 Å². The van der Waals surface area contributed by atoms with E-state index in [1.165, 1.54) is 30.6 Å². The lowest BCUT2D eigenvalue weighted by Crippen LogP contribution is -2.17. The van der Waals surface area contributed by atoms with Crippen molar-refractivity contribution >= 4 is 17.1 Å². The standard InChI is InChI=1S/C14H8F3N3O3/c15-14(16,17)23-10-4-2-1-3-7(10)9-6-19-12-11(20-9)8(5-18-12)13(21)22/h1-6H,(H,18,19)(H,21,22). The molecule has 0 radical (unpaired) electrons. The highest BCUT2D eigenvalue weighted by atomic mass is 19.4. The predicted octanol–water partition coefficient (Wildman–Crippen LogP) is 3.22. The van der Waals surface area contributed by atoms with Gasteiger partial charge in [-0.1, -0.05) is 12.1 Å². The molecular weight excluding hydrogens is 315 g/mol. The number of rotatable bonds is 3. The third-order valence-electron chi connectivity index (χ3n) is 3.00. The first kappa shape index (κ1) is 14.8. The number of halogens is 3. The normalized spacial score (nSPS) is 11.6. The number of carboxylic acids is 1. The summed E-state index contributed by atoms with van der Waals surface area (Å²) >= 11 is 0. The Bertz CT molecular complexity index is 890. The molecule has 6 nitrogen and oxygen atoms in total. The number of fused-ring (bicyclic) bond motifs is 1. The van der Waals surface area contributed by atoms with Gasteiger partial charge in [0.2, 0.25) is 0 Å². The van der Waals surface area contributed by atoms with Crippen LogP contribution in [0.5, 0.6) is 5.75 Å². The molecule has 3 aromatic rings. The van der Waals surface area contributed by atoms with Crippen molar-refractivity contribution in [2.45, 2.75) is 6.36 Å². The second kappa shape index (κ2) is 5.27. The molecule has 2 heterocycles. The second-order valence-electron chi connectivity index (χ2n) is 4.50. The van der Waals surface area contributed by atoms with E-state index in [0.717, 1.165) is 6.07 Å². The SMILES string of the molecule is O=C(O)c1c[nH]c2ncc(-c3ccccc3OC(F)(F)F)nc12. The van der Waals surface area contributed by atoms with Crippen LogP contribution in [0.1, 0.15) is 10.4 Å². The van der Waals surface area contributed by atoms with E-state index in [-0.39, 0.29) is 28.0 Å². The minimum Gasteiger partial charge on any atom is -0.478 e. The Morgan fingerprint density at radius 2 is 2.00 bits per heavy atom. The molecule has 0 aliphatic rings. The zero-order valence-corrected chi connectivity index (χ0v) is 11.3. The number of aromatic amines is 1. The molecule has 0 amide bonds. The van der Waals surface area contributed by atoms with E-state index in [1.807, 2.05) is 0 Å².